The molecule has 1 aliphatic carbocycles. The number of amides is 2. The molecule has 1 saturated heterocycles. The van der Waals surface area contributed by atoms with Crippen molar-refractivity contribution in [3.63, 3.8) is 0 Å². The van der Waals surface area contributed by atoms with Crippen molar-refractivity contribution in [1.82, 2.24) is 10.6 Å². The molecule has 3 N–H and O–H groups in total. The van der Waals surface area contributed by atoms with E-state index in [4.69, 9.17) is 4.74 Å². The number of hydrogen-bond acceptors (Lipinski definition) is 9. The molecule has 176 valence electrons. The Morgan fingerprint density at radius 1 is 1.26 bits per heavy atom. The van der Waals surface area contributed by atoms with Gasteiger partial charge in [0.1, 0.15) is 11.6 Å². The van der Waals surface area contributed by atoms with Crippen LogP contribution < -0.4 is 10.6 Å². The number of esters is 1. The van der Waals surface area contributed by atoms with E-state index in [2.05, 4.69) is 15.4 Å². The second-order valence-corrected chi connectivity index (χ2v) is 11.7. The highest BCUT2D eigenvalue weighted by atomic mass is 32.2. The Balaban J connectivity index is 2.27. The van der Waals surface area contributed by atoms with Crippen molar-refractivity contribution in [3.8, 4) is 0 Å². The van der Waals surface area contributed by atoms with Crippen LogP contribution in [0, 0.1) is 11.8 Å². The molecule has 13 heteroatoms. The van der Waals surface area contributed by atoms with Gasteiger partial charge in [-0.15, -0.1) is 0 Å². The molecule has 31 heavy (non-hydrogen) atoms. The summed E-state index contributed by atoms with van der Waals surface area (Å²) in [6.07, 6.45) is 1.08. The van der Waals surface area contributed by atoms with Crippen LogP contribution in [0.5, 0.6) is 0 Å². The Hall–Kier alpha value is -2.02. The first kappa shape index (κ1) is 25.2. The summed E-state index contributed by atoms with van der Waals surface area (Å²) in [5.41, 5.74) is -3.01. The number of ether oxygens (including phenoxy) is 2. The molecule has 0 aromatic rings. The van der Waals surface area contributed by atoms with Gasteiger partial charge >= 0.3 is 18.0 Å². The first-order valence-corrected chi connectivity index (χ1v) is 12.6. The number of rotatable bonds is 8. The fourth-order valence-electron chi connectivity index (χ4n) is 3.88. The molecule has 0 aromatic carbocycles. The van der Waals surface area contributed by atoms with Gasteiger partial charge in [-0.25, -0.2) is 18.0 Å². The standard InChI is InChI=1S/C18H28N2O9S2/c1-17(2,3)29-16(25)19-9(6-7-30-5)13(21)20-18(15(23)24)8-31(26,27)12-10(11(12)18)14(22)28-4/h9-12H,6-8H2,1-5H3,(H,19,25)(H,20,21)(H,23,24)/t9-,10+,11+,12-,18-/m0/s1. The Morgan fingerprint density at radius 3 is 2.35 bits per heavy atom. The molecule has 2 fully saturated rings. The fourth-order valence-corrected chi connectivity index (χ4v) is 7.05. The summed E-state index contributed by atoms with van der Waals surface area (Å²) in [4.78, 5) is 49.2. The maximum Gasteiger partial charge on any atom is 0.408 e. The lowest BCUT2D eigenvalue weighted by molar-refractivity contribution is -0.149. The van der Waals surface area contributed by atoms with Gasteiger partial charge in [-0.3, -0.25) is 9.59 Å². The molecular formula is C18H28N2O9S2. The van der Waals surface area contributed by atoms with Gasteiger partial charge in [-0.05, 0) is 39.2 Å². The number of carbonyl (C=O) groups is 4. The lowest BCUT2D eigenvalue weighted by Gasteiger charge is -2.30. The minimum absolute atomic E-state index is 0.156. The van der Waals surface area contributed by atoms with Crippen molar-refractivity contribution >= 4 is 45.5 Å². The number of nitrogens with one attached hydrogen (secondary N) is 2. The van der Waals surface area contributed by atoms with Crippen LogP contribution in [0.2, 0.25) is 0 Å². The summed E-state index contributed by atoms with van der Waals surface area (Å²) in [5.74, 6) is -5.96. The van der Waals surface area contributed by atoms with Crippen molar-refractivity contribution in [3.05, 3.63) is 0 Å². The minimum Gasteiger partial charge on any atom is -0.479 e. The topological polar surface area (TPSA) is 165 Å². The summed E-state index contributed by atoms with van der Waals surface area (Å²) in [5, 5.41) is 13.4. The van der Waals surface area contributed by atoms with Crippen molar-refractivity contribution < 1.29 is 42.2 Å². The van der Waals surface area contributed by atoms with Crippen molar-refractivity contribution in [1.29, 1.82) is 0 Å². The summed E-state index contributed by atoms with van der Waals surface area (Å²) >= 11 is 1.41. The van der Waals surface area contributed by atoms with Gasteiger partial charge in [0, 0.05) is 5.92 Å². The highest BCUT2D eigenvalue weighted by Gasteiger charge is 2.79. The quantitative estimate of drug-likeness (QED) is 0.396. The van der Waals surface area contributed by atoms with E-state index in [0.717, 1.165) is 7.11 Å². The van der Waals surface area contributed by atoms with Crippen LogP contribution in [-0.4, -0.2) is 84.8 Å². The molecule has 1 heterocycles. The van der Waals surface area contributed by atoms with Crippen molar-refractivity contribution in [2.24, 2.45) is 11.8 Å². The van der Waals surface area contributed by atoms with Gasteiger partial charge < -0.3 is 25.2 Å². The molecule has 0 radical (unpaired) electrons. The second kappa shape index (κ2) is 8.85. The van der Waals surface area contributed by atoms with Crippen LogP contribution in [0.15, 0.2) is 0 Å². The first-order chi connectivity index (χ1) is 14.2. The summed E-state index contributed by atoms with van der Waals surface area (Å²) in [6.45, 7) is 4.94. The third kappa shape index (κ3) is 5.25. The molecular weight excluding hydrogens is 452 g/mol. The van der Waals surface area contributed by atoms with Gasteiger partial charge in [0.2, 0.25) is 5.91 Å². The number of alkyl carbamates (subject to hydrolysis) is 1. The smallest absolute Gasteiger partial charge is 0.408 e. The van der Waals surface area contributed by atoms with E-state index in [9.17, 15) is 32.7 Å². The number of aliphatic carboxylic acids is 1. The van der Waals surface area contributed by atoms with E-state index in [1.807, 2.05) is 0 Å². The molecule has 2 amide bonds. The first-order valence-electron chi connectivity index (χ1n) is 9.53. The van der Waals surface area contributed by atoms with Crippen LogP contribution in [0.4, 0.5) is 4.79 Å². The van der Waals surface area contributed by atoms with Crippen LogP contribution in [0.3, 0.4) is 0 Å². The maximum absolute atomic E-state index is 13.0. The van der Waals surface area contributed by atoms with Crippen LogP contribution >= 0.6 is 11.8 Å². The maximum atomic E-state index is 13.0. The van der Waals surface area contributed by atoms with E-state index in [1.54, 1.807) is 27.0 Å². The summed E-state index contributed by atoms with van der Waals surface area (Å²) in [7, 11) is -2.88. The Bertz CT molecular complexity index is 868. The average molecular weight is 481 g/mol. The number of carboxylic acid groups (broad SMARTS) is 1. The largest absolute Gasteiger partial charge is 0.479 e. The monoisotopic (exact) mass is 480 g/mol. The molecule has 2 rings (SSSR count). The molecule has 1 saturated carbocycles. The second-order valence-electron chi connectivity index (χ2n) is 8.59. The third-order valence-electron chi connectivity index (χ3n) is 5.19. The van der Waals surface area contributed by atoms with Gasteiger partial charge in [-0.2, -0.15) is 11.8 Å². The fraction of sp³-hybridized carbons (Fsp3) is 0.778. The minimum atomic E-state index is -3.96. The Labute approximate surface area is 184 Å². The number of carbonyl (C=O) groups excluding carboxylic acids is 3. The molecule has 0 spiro atoms. The average Bonchev–Trinajstić information content (AvgIpc) is 3.34. The predicted octanol–water partition coefficient (Wildman–Crippen LogP) is -0.212. The number of fused-ring (bicyclic) bond motifs is 1. The third-order valence-corrected chi connectivity index (χ3v) is 8.10. The number of methoxy groups -OCH3 is 1. The molecule has 5 atom stereocenters. The number of carboxylic acids is 1. The summed E-state index contributed by atoms with van der Waals surface area (Å²) in [6, 6.07) is -1.16. The zero-order valence-corrected chi connectivity index (χ0v) is 19.6. The van der Waals surface area contributed by atoms with Crippen molar-refractivity contribution in [2.75, 3.05) is 24.9 Å². The van der Waals surface area contributed by atoms with E-state index >= 15 is 0 Å². The van der Waals surface area contributed by atoms with E-state index < -0.39 is 73.8 Å². The molecule has 1 aliphatic heterocycles. The predicted molar refractivity (Wildman–Crippen MR) is 111 cm³/mol. The molecule has 0 bridgehead atoms. The lowest BCUT2D eigenvalue weighted by Crippen LogP contribution is -2.62. The zero-order valence-electron chi connectivity index (χ0n) is 18.0. The lowest BCUT2D eigenvalue weighted by atomic mass is 9.93. The van der Waals surface area contributed by atoms with Crippen LogP contribution in [0.1, 0.15) is 27.2 Å². The molecule has 0 unspecified atom stereocenters. The SMILES string of the molecule is COC(=O)[C@@H]1[C@@H]2[C@H]1S(=O)(=O)C[C@@]2(NC(=O)[C@H](CCSC)NC(=O)OC(C)(C)C)C(=O)O. The molecule has 11 nitrogen and oxygen atoms in total. The van der Waals surface area contributed by atoms with E-state index in [1.165, 1.54) is 11.8 Å². The van der Waals surface area contributed by atoms with Gasteiger partial charge in [0.05, 0.1) is 24.0 Å². The highest BCUT2D eigenvalue weighted by Crippen LogP contribution is 2.58. The number of thioether (sulfide) groups is 1. The van der Waals surface area contributed by atoms with E-state index in [-0.39, 0.29) is 6.42 Å². The van der Waals surface area contributed by atoms with Crippen molar-refractivity contribution in [2.45, 2.75) is 49.6 Å². The van der Waals surface area contributed by atoms with Gasteiger partial charge in [0.25, 0.3) is 0 Å². The molecule has 0 aromatic heterocycles. The summed E-state index contributed by atoms with van der Waals surface area (Å²) < 4.78 is 34.7. The normalized spacial score (nSPS) is 29.3. The molecule has 2 aliphatic rings. The highest BCUT2D eigenvalue weighted by molar-refractivity contribution is 7.98. The van der Waals surface area contributed by atoms with Crippen LogP contribution in [-0.2, 0) is 33.7 Å². The van der Waals surface area contributed by atoms with Crippen LogP contribution in [0.25, 0.3) is 0 Å². The van der Waals surface area contributed by atoms with Gasteiger partial charge in [0.15, 0.2) is 15.4 Å². The van der Waals surface area contributed by atoms with E-state index in [0.29, 0.717) is 5.75 Å². The number of hydrogen-bond donors (Lipinski definition) is 3. The number of sulfone groups is 1. The Kier molecular flexibility index (Phi) is 7.20. The zero-order chi connectivity index (χ0) is 23.8. The van der Waals surface area contributed by atoms with Gasteiger partial charge in [-0.1, -0.05) is 0 Å². The Morgan fingerprint density at radius 2 is 1.87 bits per heavy atom.